The van der Waals surface area contributed by atoms with E-state index in [1.807, 2.05) is 0 Å². The summed E-state index contributed by atoms with van der Waals surface area (Å²) in [6.07, 6.45) is 2.48. The van der Waals surface area contributed by atoms with Crippen molar-refractivity contribution in [1.82, 2.24) is 4.98 Å². The van der Waals surface area contributed by atoms with Crippen molar-refractivity contribution in [2.45, 2.75) is 44.4 Å². The van der Waals surface area contributed by atoms with Gasteiger partial charge in [-0.1, -0.05) is 30.9 Å². The molecule has 1 fully saturated rings. The van der Waals surface area contributed by atoms with Gasteiger partial charge in [-0.05, 0) is 18.9 Å². The minimum Gasteiger partial charge on any atom is -0.376 e. The van der Waals surface area contributed by atoms with Crippen molar-refractivity contribution in [2.24, 2.45) is 0 Å². The Balaban J connectivity index is 1.78. The summed E-state index contributed by atoms with van der Waals surface area (Å²) in [4.78, 5) is 3.71. The first-order valence-electron chi connectivity index (χ1n) is 7.05. The molecule has 0 atom stereocenters. The lowest BCUT2D eigenvalue weighted by atomic mass is 9.98. The van der Waals surface area contributed by atoms with E-state index in [2.05, 4.69) is 10.3 Å². The zero-order chi connectivity index (χ0) is 15.3. The van der Waals surface area contributed by atoms with Crippen LogP contribution < -0.4 is 5.32 Å². The van der Waals surface area contributed by atoms with Crippen LogP contribution >= 0.6 is 11.6 Å². The van der Waals surface area contributed by atoms with E-state index in [0.29, 0.717) is 19.3 Å². The van der Waals surface area contributed by atoms with Gasteiger partial charge in [0.05, 0.1) is 23.3 Å². The van der Waals surface area contributed by atoms with Crippen LogP contribution in [0.2, 0.25) is 5.02 Å². The molecule has 0 amide bonds. The summed E-state index contributed by atoms with van der Waals surface area (Å²) in [5.41, 5.74) is -0.850. The van der Waals surface area contributed by atoms with Crippen LogP contribution in [-0.4, -0.2) is 24.2 Å². The molecule has 0 unspecified atom stereocenters. The van der Waals surface area contributed by atoms with Crippen LogP contribution in [0.4, 0.5) is 19.0 Å². The fourth-order valence-corrected chi connectivity index (χ4v) is 2.58. The van der Waals surface area contributed by atoms with Crippen molar-refractivity contribution in [2.75, 3.05) is 18.5 Å². The molecule has 1 aromatic heterocycles. The molecule has 1 aliphatic rings. The Morgan fingerprint density at radius 3 is 2.62 bits per heavy atom. The first kappa shape index (κ1) is 16.4. The number of aromatic nitrogens is 1. The smallest absolute Gasteiger partial charge is 0.376 e. The van der Waals surface area contributed by atoms with Crippen LogP contribution in [0.1, 0.15) is 37.7 Å². The first-order chi connectivity index (χ1) is 9.97. The molecule has 7 heteroatoms. The molecule has 1 saturated carbocycles. The predicted octanol–water partition coefficient (Wildman–Crippen LogP) is 4.52. The van der Waals surface area contributed by atoms with E-state index in [4.69, 9.17) is 16.3 Å². The van der Waals surface area contributed by atoms with Crippen molar-refractivity contribution in [3.8, 4) is 0 Å². The third-order valence-electron chi connectivity index (χ3n) is 3.47. The van der Waals surface area contributed by atoms with Gasteiger partial charge in [-0.15, -0.1) is 0 Å². The molecular formula is C14H18ClF3N2O. The largest absolute Gasteiger partial charge is 0.417 e. The van der Waals surface area contributed by atoms with Gasteiger partial charge >= 0.3 is 6.18 Å². The highest BCUT2D eigenvalue weighted by atomic mass is 35.5. The van der Waals surface area contributed by atoms with E-state index in [0.717, 1.165) is 25.1 Å². The molecule has 2 rings (SSSR count). The number of rotatable bonds is 5. The Morgan fingerprint density at radius 1 is 1.29 bits per heavy atom. The fraction of sp³-hybridized carbons (Fsp3) is 0.643. The molecule has 118 valence electrons. The number of pyridine rings is 1. The molecule has 0 spiro atoms. The second-order valence-corrected chi connectivity index (χ2v) is 5.52. The molecule has 1 aromatic rings. The van der Waals surface area contributed by atoms with E-state index >= 15 is 0 Å². The summed E-state index contributed by atoms with van der Waals surface area (Å²) < 4.78 is 43.1. The van der Waals surface area contributed by atoms with Gasteiger partial charge in [0, 0.05) is 12.7 Å². The molecule has 3 nitrogen and oxygen atoms in total. The van der Waals surface area contributed by atoms with Crippen molar-refractivity contribution in [3.05, 3.63) is 22.8 Å². The summed E-state index contributed by atoms with van der Waals surface area (Å²) in [5, 5.41) is 2.86. The van der Waals surface area contributed by atoms with Crippen molar-refractivity contribution >= 4 is 17.4 Å². The van der Waals surface area contributed by atoms with Crippen LogP contribution in [0.15, 0.2) is 12.3 Å². The van der Waals surface area contributed by atoms with Crippen LogP contribution in [0, 0.1) is 0 Å². The van der Waals surface area contributed by atoms with Gasteiger partial charge in [0.2, 0.25) is 0 Å². The molecule has 0 saturated heterocycles. The second kappa shape index (κ2) is 7.31. The lowest BCUT2D eigenvalue weighted by molar-refractivity contribution is -0.137. The van der Waals surface area contributed by atoms with E-state index in [-0.39, 0.29) is 10.8 Å². The molecule has 21 heavy (non-hydrogen) atoms. The van der Waals surface area contributed by atoms with Crippen molar-refractivity contribution in [3.63, 3.8) is 0 Å². The number of halogens is 4. The Kier molecular flexibility index (Phi) is 5.70. The summed E-state index contributed by atoms with van der Waals surface area (Å²) in [6, 6.07) is 0.874. The van der Waals surface area contributed by atoms with Crippen LogP contribution in [0.5, 0.6) is 0 Å². The van der Waals surface area contributed by atoms with Crippen LogP contribution in [0.3, 0.4) is 0 Å². The second-order valence-electron chi connectivity index (χ2n) is 5.11. The SMILES string of the molecule is FC(F)(F)c1cnc(NCCOC2CCCCC2)c(Cl)c1. The van der Waals surface area contributed by atoms with Crippen molar-refractivity contribution in [1.29, 1.82) is 0 Å². The summed E-state index contributed by atoms with van der Waals surface area (Å²) in [7, 11) is 0. The predicted molar refractivity (Wildman–Crippen MR) is 75.6 cm³/mol. The van der Waals surface area contributed by atoms with Gasteiger partial charge in [-0.25, -0.2) is 4.98 Å². The number of ether oxygens (including phenoxy) is 1. The fourth-order valence-electron chi connectivity index (χ4n) is 2.35. The number of hydrogen-bond donors (Lipinski definition) is 1. The number of hydrogen-bond acceptors (Lipinski definition) is 3. The van der Waals surface area contributed by atoms with E-state index in [1.165, 1.54) is 19.3 Å². The molecule has 0 aromatic carbocycles. The number of anilines is 1. The summed E-state index contributed by atoms with van der Waals surface area (Å²) in [5.74, 6) is 0.247. The maximum absolute atomic E-state index is 12.5. The summed E-state index contributed by atoms with van der Waals surface area (Å²) in [6.45, 7) is 0.957. The van der Waals surface area contributed by atoms with Crippen LogP contribution in [-0.2, 0) is 10.9 Å². The number of nitrogens with one attached hydrogen (secondary N) is 1. The monoisotopic (exact) mass is 322 g/mol. The van der Waals surface area contributed by atoms with E-state index in [1.54, 1.807) is 0 Å². The topological polar surface area (TPSA) is 34.2 Å². The molecular weight excluding hydrogens is 305 g/mol. The molecule has 0 bridgehead atoms. The standard InChI is InChI=1S/C14H18ClF3N2O/c15-12-8-10(14(16,17)18)9-20-13(12)19-6-7-21-11-4-2-1-3-5-11/h8-9,11H,1-7H2,(H,19,20). The van der Waals surface area contributed by atoms with Gasteiger partial charge in [0.25, 0.3) is 0 Å². The quantitative estimate of drug-likeness (QED) is 0.810. The normalized spacial score (nSPS) is 17.0. The number of alkyl halides is 3. The summed E-state index contributed by atoms with van der Waals surface area (Å²) >= 11 is 5.80. The molecule has 0 radical (unpaired) electrons. The molecule has 0 aliphatic heterocycles. The highest BCUT2D eigenvalue weighted by Gasteiger charge is 2.31. The maximum Gasteiger partial charge on any atom is 0.417 e. The lowest BCUT2D eigenvalue weighted by Gasteiger charge is -2.22. The van der Waals surface area contributed by atoms with Gasteiger partial charge in [0.1, 0.15) is 5.82 Å². The average molecular weight is 323 g/mol. The van der Waals surface area contributed by atoms with Crippen LogP contribution in [0.25, 0.3) is 0 Å². The van der Waals surface area contributed by atoms with Gasteiger partial charge in [-0.2, -0.15) is 13.2 Å². The van der Waals surface area contributed by atoms with Gasteiger partial charge in [0.15, 0.2) is 0 Å². The Morgan fingerprint density at radius 2 is 2.00 bits per heavy atom. The highest BCUT2D eigenvalue weighted by molar-refractivity contribution is 6.32. The Hall–Kier alpha value is -1.01. The average Bonchev–Trinajstić information content (AvgIpc) is 2.45. The third kappa shape index (κ3) is 5.04. The minimum absolute atomic E-state index is 0.0394. The van der Waals surface area contributed by atoms with Gasteiger partial charge < -0.3 is 10.1 Å². The highest BCUT2D eigenvalue weighted by Crippen LogP contribution is 2.32. The van der Waals surface area contributed by atoms with Crippen molar-refractivity contribution < 1.29 is 17.9 Å². The van der Waals surface area contributed by atoms with E-state index in [9.17, 15) is 13.2 Å². The van der Waals surface area contributed by atoms with E-state index < -0.39 is 11.7 Å². The molecule has 1 heterocycles. The Bertz CT molecular complexity index is 462. The molecule has 1 aliphatic carbocycles. The minimum atomic E-state index is -4.43. The number of nitrogens with zero attached hydrogens (tertiary/aromatic N) is 1. The maximum atomic E-state index is 12.5. The zero-order valence-electron chi connectivity index (χ0n) is 11.5. The molecule has 1 N–H and O–H groups in total. The lowest BCUT2D eigenvalue weighted by Crippen LogP contribution is -2.20. The third-order valence-corrected chi connectivity index (χ3v) is 3.76. The Labute approximate surface area is 126 Å². The zero-order valence-corrected chi connectivity index (χ0v) is 12.3. The van der Waals surface area contributed by atoms with Gasteiger partial charge in [-0.3, -0.25) is 0 Å². The first-order valence-corrected chi connectivity index (χ1v) is 7.43.